The first-order valence-corrected chi connectivity index (χ1v) is 7.45. The zero-order chi connectivity index (χ0) is 14.8. The molecule has 0 atom stereocenters. The van der Waals surface area contributed by atoms with Crippen LogP contribution < -0.4 is 0 Å². The minimum Gasteiger partial charge on any atom is -0.218 e. The van der Waals surface area contributed by atoms with Crippen LogP contribution in [0.3, 0.4) is 0 Å². The summed E-state index contributed by atoms with van der Waals surface area (Å²) < 4.78 is 38.3. The van der Waals surface area contributed by atoms with Crippen molar-refractivity contribution < 1.29 is 13.2 Å². The number of rotatable bonds is 4. The summed E-state index contributed by atoms with van der Waals surface area (Å²) in [6.45, 7) is 2.05. The van der Waals surface area contributed by atoms with Crippen LogP contribution in [0.25, 0.3) is 10.9 Å². The molecule has 0 spiro atoms. The summed E-state index contributed by atoms with van der Waals surface area (Å²) in [4.78, 5) is 8.01. The number of halogens is 4. The Hall–Kier alpha value is -1.01. The van der Waals surface area contributed by atoms with E-state index < -0.39 is 11.7 Å². The van der Waals surface area contributed by atoms with E-state index in [2.05, 4.69) is 9.97 Å². The predicted octanol–water partition coefficient (Wildman–Crippen LogP) is 5.19. The topological polar surface area (TPSA) is 25.8 Å². The van der Waals surface area contributed by atoms with Crippen molar-refractivity contribution in [1.29, 1.82) is 0 Å². The molecule has 0 unspecified atom stereocenters. The van der Waals surface area contributed by atoms with Gasteiger partial charge in [0.1, 0.15) is 5.03 Å². The molecule has 1 aromatic heterocycles. The fourth-order valence-electron chi connectivity index (χ4n) is 1.67. The van der Waals surface area contributed by atoms with Crippen LogP contribution in [0.4, 0.5) is 13.2 Å². The molecule has 0 aliphatic heterocycles. The Morgan fingerprint density at radius 2 is 2.00 bits per heavy atom. The van der Waals surface area contributed by atoms with Gasteiger partial charge in [0, 0.05) is 5.39 Å². The maximum atomic E-state index is 12.8. The Labute approximate surface area is 123 Å². The molecule has 1 heterocycles. The molecule has 20 heavy (non-hydrogen) atoms. The molecular formula is C13H12ClF3N2S. The van der Waals surface area contributed by atoms with Crippen molar-refractivity contribution in [2.75, 3.05) is 5.75 Å². The zero-order valence-corrected chi connectivity index (χ0v) is 12.2. The molecule has 0 aliphatic rings. The van der Waals surface area contributed by atoms with Gasteiger partial charge in [-0.1, -0.05) is 13.3 Å². The van der Waals surface area contributed by atoms with Crippen LogP contribution in [-0.2, 0) is 6.18 Å². The molecule has 7 heteroatoms. The third-order valence-corrected chi connectivity index (χ3v) is 3.94. The molecule has 0 saturated heterocycles. The van der Waals surface area contributed by atoms with Gasteiger partial charge >= 0.3 is 6.18 Å². The van der Waals surface area contributed by atoms with Crippen LogP contribution in [0.5, 0.6) is 0 Å². The summed E-state index contributed by atoms with van der Waals surface area (Å²) in [6, 6.07) is 3.42. The SMILES string of the molecule is CCCCSc1nc(Cl)nc2ccc(C(F)(F)F)cc12. The molecule has 0 aliphatic carbocycles. The van der Waals surface area contributed by atoms with E-state index in [1.165, 1.54) is 17.8 Å². The smallest absolute Gasteiger partial charge is 0.218 e. The van der Waals surface area contributed by atoms with E-state index in [4.69, 9.17) is 11.6 Å². The highest BCUT2D eigenvalue weighted by Gasteiger charge is 2.30. The molecule has 0 saturated carbocycles. The number of aromatic nitrogens is 2. The fraction of sp³-hybridized carbons (Fsp3) is 0.385. The number of hydrogen-bond donors (Lipinski definition) is 0. The van der Waals surface area contributed by atoms with E-state index in [0.29, 0.717) is 15.9 Å². The van der Waals surface area contributed by atoms with E-state index in [1.807, 2.05) is 6.92 Å². The number of thioether (sulfide) groups is 1. The number of alkyl halides is 3. The number of nitrogens with zero attached hydrogens (tertiary/aromatic N) is 2. The van der Waals surface area contributed by atoms with Crippen molar-refractivity contribution in [2.45, 2.75) is 31.0 Å². The maximum Gasteiger partial charge on any atom is 0.416 e. The third kappa shape index (κ3) is 3.55. The van der Waals surface area contributed by atoms with Crippen molar-refractivity contribution in [1.82, 2.24) is 9.97 Å². The quantitative estimate of drug-likeness (QED) is 0.335. The Morgan fingerprint density at radius 1 is 1.25 bits per heavy atom. The summed E-state index contributed by atoms with van der Waals surface area (Å²) in [5.41, 5.74) is -0.273. The van der Waals surface area contributed by atoms with Gasteiger partial charge in [-0.05, 0) is 42.0 Å². The number of benzene rings is 1. The molecular weight excluding hydrogens is 309 g/mol. The van der Waals surface area contributed by atoms with Crippen molar-refractivity contribution in [3.05, 3.63) is 29.0 Å². The number of unbranched alkanes of at least 4 members (excludes halogenated alkanes) is 1. The lowest BCUT2D eigenvalue weighted by atomic mass is 10.1. The first-order chi connectivity index (χ1) is 9.41. The summed E-state index contributed by atoms with van der Waals surface area (Å²) in [5, 5.41) is 0.945. The van der Waals surface area contributed by atoms with Gasteiger partial charge < -0.3 is 0 Å². The minimum absolute atomic E-state index is 0.0521. The lowest BCUT2D eigenvalue weighted by Gasteiger charge is -2.10. The van der Waals surface area contributed by atoms with Crippen molar-refractivity contribution in [3.8, 4) is 0 Å². The average molecular weight is 321 g/mol. The number of hydrogen-bond acceptors (Lipinski definition) is 3. The summed E-state index contributed by atoms with van der Waals surface area (Å²) in [6.07, 6.45) is -2.40. The maximum absolute atomic E-state index is 12.8. The lowest BCUT2D eigenvalue weighted by molar-refractivity contribution is -0.137. The van der Waals surface area contributed by atoms with Crippen molar-refractivity contribution in [3.63, 3.8) is 0 Å². The molecule has 2 rings (SSSR count). The Morgan fingerprint density at radius 3 is 2.65 bits per heavy atom. The highest BCUT2D eigenvalue weighted by molar-refractivity contribution is 7.99. The highest BCUT2D eigenvalue weighted by atomic mass is 35.5. The molecule has 108 valence electrons. The van der Waals surface area contributed by atoms with Crippen LogP contribution in [0.15, 0.2) is 23.2 Å². The standard InChI is InChI=1S/C13H12ClF3N2S/c1-2-3-6-20-11-9-7-8(13(15,16)17)4-5-10(9)18-12(14)19-11/h4-5,7H,2-3,6H2,1H3. The van der Waals surface area contributed by atoms with Gasteiger partial charge in [-0.25, -0.2) is 9.97 Å². The lowest BCUT2D eigenvalue weighted by Crippen LogP contribution is -2.05. The van der Waals surface area contributed by atoms with E-state index in [9.17, 15) is 13.2 Å². The summed E-state index contributed by atoms with van der Waals surface area (Å²) in [7, 11) is 0. The highest BCUT2D eigenvalue weighted by Crippen LogP contribution is 2.34. The second kappa shape index (κ2) is 6.18. The monoisotopic (exact) mass is 320 g/mol. The largest absolute Gasteiger partial charge is 0.416 e. The Bertz CT molecular complexity index is 616. The van der Waals surface area contributed by atoms with E-state index in [1.54, 1.807) is 0 Å². The van der Waals surface area contributed by atoms with Crippen LogP contribution in [0, 0.1) is 0 Å². The van der Waals surface area contributed by atoms with Gasteiger partial charge in [-0.2, -0.15) is 13.2 Å². The predicted molar refractivity (Wildman–Crippen MR) is 75.2 cm³/mol. The third-order valence-electron chi connectivity index (χ3n) is 2.70. The van der Waals surface area contributed by atoms with Crippen LogP contribution in [0.2, 0.25) is 5.28 Å². The Balaban J connectivity index is 2.48. The van der Waals surface area contributed by atoms with Crippen LogP contribution >= 0.6 is 23.4 Å². The van der Waals surface area contributed by atoms with Crippen LogP contribution in [-0.4, -0.2) is 15.7 Å². The first-order valence-electron chi connectivity index (χ1n) is 6.09. The molecule has 2 nitrogen and oxygen atoms in total. The normalized spacial score (nSPS) is 12.1. The second-order valence-corrected chi connectivity index (χ2v) is 5.65. The molecule has 0 fully saturated rings. The van der Waals surface area contributed by atoms with Crippen LogP contribution in [0.1, 0.15) is 25.3 Å². The van der Waals surface area contributed by atoms with Crippen molar-refractivity contribution >= 4 is 34.3 Å². The van der Waals surface area contributed by atoms with E-state index in [-0.39, 0.29) is 5.28 Å². The molecule has 0 N–H and O–H groups in total. The summed E-state index contributed by atoms with van der Waals surface area (Å²) >= 11 is 7.21. The minimum atomic E-state index is -4.38. The van der Waals surface area contributed by atoms with Gasteiger partial charge in [0.05, 0.1) is 11.1 Å². The second-order valence-electron chi connectivity index (χ2n) is 4.23. The Kier molecular flexibility index (Phi) is 4.75. The molecule has 0 radical (unpaired) electrons. The zero-order valence-electron chi connectivity index (χ0n) is 10.7. The average Bonchev–Trinajstić information content (AvgIpc) is 2.37. The van der Waals surface area contributed by atoms with Gasteiger partial charge in [-0.3, -0.25) is 0 Å². The first kappa shape index (κ1) is 15.4. The van der Waals surface area contributed by atoms with Gasteiger partial charge in [0.25, 0.3) is 0 Å². The van der Waals surface area contributed by atoms with E-state index >= 15 is 0 Å². The molecule has 0 amide bonds. The van der Waals surface area contributed by atoms with Crippen molar-refractivity contribution in [2.24, 2.45) is 0 Å². The molecule has 1 aromatic carbocycles. The van der Waals surface area contributed by atoms with E-state index in [0.717, 1.165) is 30.7 Å². The fourth-order valence-corrected chi connectivity index (χ4v) is 2.99. The van der Waals surface area contributed by atoms with Gasteiger partial charge in [0.2, 0.25) is 5.28 Å². The van der Waals surface area contributed by atoms with Gasteiger partial charge in [-0.15, -0.1) is 11.8 Å². The summed E-state index contributed by atoms with van der Waals surface area (Å²) in [5.74, 6) is 0.787. The molecule has 0 bridgehead atoms. The van der Waals surface area contributed by atoms with Gasteiger partial charge in [0.15, 0.2) is 0 Å². The molecule has 2 aromatic rings. The number of fused-ring (bicyclic) bond motifs is 1.